The molecule has 0 spiro atoms. The number of halogens is 4. The van der Waals surface area contributed by atoms with Gasteiger partial charge in [-0.25, -0.2) is 22.8 Å². The molecule has 0 saturated heterocycles. The van der Waals surface area contributed by atoms with E-state index in [1.807, 2.05) is 0 Å². The van der Waals surface area contributed by atoms with E-state index in [1.165, 1.54) is 0 Å². The number of cyclic esters (lactones) is 2. The molecule has 2 N–H and O–H groups in total. The van der Waals surface area contributed by atoms with Crippen LogP contribution < -0.4 is 0 Å². The SMILES string of the molecule is O=C1OC(=O)c2cc(F)c(F)cc21.OC1N=NC=C(F)C1(O)F. The zero-order valence-corrected chi connectivity index (χ0v) is 10.8. The Kier molecular flexibility index (Phi) is 4.25. The summed E-state index contributed by atoms with van der Waals surface area (Å²) in [5.41, 5.74) is -0.465. The minimum atomic E-state index is -3.41. The zero-order valence-electron chi connectivity index (χ0n) is 10.8. The molecule has 0 aromatic heterocycles. The van der Waals surface area contributed by atoms with Crippen LogP contribution in [0.25, 0.3) is 0 Å². The minimum Gasteiger partial charge on any atom is -0.386 e. The van der Waals surface area contributed by atoms with Crippen molar-refractivity contribution in [3.63, 3.8) is 0 Å². The number of aliphatic hydroxyl groups excluding tert-OH is 1. The maximum atomic E-state index is 12.6. The number of rotatable bonds is 0. The van der Waals surface area contributed by atoms with Crippen LogP contribution in [0.3, 0.4) is 0 Å². The molecule has 0 radical (unpaired) electrons. The van der Waals surface area contributed by atoms with E-state index in [0.717, 1.165) is 0 Å². The monoisotopic (exact) mass is 334 g/mol. The highest BCUT2D eigenvalue weighted by molar-refractivity contribution is 6.14. The van der Waals surface area contributed by atoms with E-state index in [4.69, 9.17) is 10.2 Å². The Morgan fingerprint density at radius 2 is 1.57 bits per heavy atom. The molecule has 1 aromatic rings. The number of aliphatic hydroxyl groups is 2. The van der Waals surface area contributed by atoms with E-state index >= 15 is 0 Å². The second-order valence-corrected chi connectivity index (χ2v) is 4.24. The normalized spacial score (nSPS) is 25.3. The molecule has 11 heteroatoms. The largest absolute Gasteiger partial charge is 0.386 e. The van der Waals surface area contributed by atoms with Gasteiger partial charge in [0.2, 0.25) is 6.23 Å². The predicted octanol–water partition coefficient (Wildman–Crippen LogP) is 1.51. The van der Waals surface area contributed by atoms with Gasteiger partial charge in [0.25, 0.3) is 0 Å². The van der Waals surface area contributed by atoms with Gasteiger partial charge in [0.05, 0.1) is 17.3 Å². The molecule has 2 aliphatic rings. The average molecular weight is 334 g/mol. The van der Waals surface area contributed by atoms with Crippen LogP contribution in [0.15, 0.2) is 34.4 Å². The quantitative estimate of drug-likeness (QED) is 0.425. The first kappa shape index (κ1) is 16.7. The number of fused-ring (bicyclic) bond motifs is 1. The zero-order chi connectivity index (χ0) is 17.4. The molecule has 0 fully saturated rings. The Balaban J connectivity index is 0.000000174. The summed E-state index contributed by atoms with van der Waals surface area (Å²) in [6, 6.07) is 1.30. The lowest BCUT2D eigenvalue weighted by molar-refractivity contribution is -0.154. The highest BCUT2D eigenvalue weighted by atomic mass is 19.2. The summed E-state index contributed by atoms with van der Waals surface area (Å²) in [5.74, 6) is -9.20. The molecule has 0 saturated carbocycles. The van der Waals surface area contributed by atoms with Crippen molar-refractivity contribution in [2.45, 2.75) is 12.1 Å². The van der Waals surface area contributed by atoms with Gasteiger partial charge in [-0.15, -0.1) is 0 Å². The third-order valence-corrected chi connectivity index (χ3v) is 2.71. The molecule has 0 bridgehead atoms. The Bertz CT molecular complexity index is 708. The van der Waals surface area contributed by atoms with Crippen molar-refractivity contribution >= 4 is 11.9 Å². The highest BCUT2D eigenvalue weighted by Gasteiger charge is 2.43. The van der Waals surface area contributed by atoms with Gasteiger partial charge in [0, 0.05) is 0 Å². The molecule has 23 heavy (non-hydrogen) atoms. The molecular weight excluding hydrogens is 328 g/mol. The second-order valence-electron chi connectivity index (χ2n) is 4.24. The van der Waals surface area contributed by atoms with Crippen molar-refractivity contribution < 1.29 is 42.1 Å². The number of hydrogen-bond donors (Lipinski definition) is 2. The van der Waals surface area contributed by atoms with Crippen molar-refractivity contribution in [1.82, 2.24) is 0 Å². The number of azo groups is 1. The number of hydrogen-bond acceptors (Lipinski definition) is 7. The lowest BCUT2D eigenvalue weighted by Gasteiger charge is -2.20. The number of benzene rings is 1. The van der Waals surface area contributed by atoms with E-state index in [1.54, 1.807) is 0 Å². The van der Waals surface area contributed by atoms with Crippen LogP contribution in [0, 0.1) is 11.6 Å². The standard InChI is InChI=1S/C8H2F2O3.C4H4F2N2O2/c9-5-1-3-4(2-6(5)10)8(12)13-7(3)11;5-2-1-7-8-3(9)4(2,6)10/h1-2H;1,3,9-10H. The van der Waals surface area contributed by atoms with Crippen LogP contribution in [-0.2, 0) is 4.74 Å². The van der Waals surface area contributed by atoms with Crippen LogP contribution >= 0.6 is 0 Å². The minimum absolute atomic E-state index is 0.232. The fraction of sp³-hybridized carbons (Fsp3) is 0.167. The first-order valence-corrected chi connectivity index (χ1v) is 5.75. The van der Waals surface area contributed by atoms with Gasteiger partial charge in [-0.2, -0.15) is 14.6 Å². The molecule has 3 rings (SSSR count). The molecular formula is C12H6F4N2O5. The summed E-state index contributed by atoms with van der Waals surface area (Å²) >= 11 is 0. The van der Waals surface area contributed by atoms with Gasteiger partial charge >= 0.3 is 17.8 Å². The fourth-order valence-electron chi connectivity index (χ4n) is 1.52. The smallest absolute Gasteiger partial charge is 0.347 e. The number of nitrogens with zero attached hydrogens (tertiary/aromatic N) is 2. The van der Waals surface area contributed by atoms with Gasteiger partial charge in [-0.3, -0.25) is 0 Å². The number of ether oxygens (including phenoxy) is 1. The van der Waals surface area contributed by atoms with Crippen LogP contribution in [0.5, 0.6) is 0 Å². The van der Waals surface area contributed by atoms with Crippen LogP contribution in [0.2, 0.25) is 0 Å². The Morgan fingerprint density at radius 3 is 1.96 bits per heavy atom. The van der Waals surface area contributed by atoms with Crippen molar-refractivity contribution in [3.05, 3.63) is 46.9 Å². The number of carbonyl (C=O) groups excluding carboxylic acids is 2. The fourth-order valence-corrected chi connectivity index (χ4v) is 1.52. The molecule has 2 heterocycles. The van der Waals surface area contributed by atoms with E-state index in [9.17, 15) is 27.2 Å². The second kappa shape index (κ2) is 5.85. The van der Waals surface area contributed by atoms with E-state index in [0.29, 0.717) is 18.3 Å². The van der Waals surface area contributed by atoms with Gasteiger partial charge in [-0.05, 0) is 12.1 Å². The maximum Gasteiger partial charge on any atom is 0.347 e. The summed E-state index contributed by atoms with van der Waals surface area (Å²) in [6.07, 6.45) is -1.77. The first-order chi connectivity index (χ1) is 10.6. The topological polar surface area (TPSA) is 109 Å². The number of alkyl halides is 1. The third-order valence-electron chi connectivity index (χ3n) is 2.71. The molecule has 2 atom stereocenters. The third kappa shape index (κ3) is 3.10. The molecule has 2 aliphatic heterocycles. The van der Waals surface area contributed by atoms with Gasteiger partial charge in [0.1, 0.15) is 0 Å². The summed E-state index contributed by atoms with van der Waals surface area (Å²) in [6.45, 7) is 0. The molecule has 1 aromatic carbocycles. The lowest BCUT2D eigenvalue weighted by atomic mass is 10.1. The van der Waals surface area contributed by atoms with Gasteiger partial charge < -0.3 is 14.9 Å². The van der Waals surface area contributed by atoms with E-state index in [-0.39, 0.29) is 11.1 Å². The van der Waals surface area contributed by atoms with Crippen LogP contribution in [-0.4, -0.2) is 34.2 Å². The van der Waals surface area contributed by atoms with E-state index < -0.39 is 41.5 Å². The summed E-state index contributed by atoms with van der Waals surface area (Å²) in [4.78, 5) is 21.6. The summed E-state index contributed by atoms with van der Waals surface area (Å²) in [5, 5.41) is 22.5. The van der Waals surface area contributed by atoms with Crippen molar-refractivity contribution in [2.75, 3.05) is 0 Å². The molecule has 122 valence electrons. The maximum absolute atomic E-state index is 12.6. The summed E-state index contributed by atoms with van der Waals surface area (Å²) < 4.78 is 53.8. The Hall–Kier alpha value is -2.66. The van der Waals surface area contributed by atoms with Crippen LogP contribution in [0.4, 0.5) is 17.6 Å². The van der Waals surface area contributed by atoms with Crippen LogP contribution in [0.1, 0.15) is 20.7 Å². The number of carbonyl (C=O) groups is 2. The highest BCUT2D eigenvalue weighted by Crippen LogP contribution is 2.28. The molecule has 2 unspecified atom stereocenters. The summed E-state index contributed by atoms with van der Waals surface area (Å²) in [7, 11) is 0. The lowest BCUT2D eigenvalue weighted by Crippen LogP contribution is -2.38. The van der Waals surface area contributed by atoms with E-state index in [2.05, 4.69) is 15.0 Å². The molecule has 7 nitrogen and oxygen atoms in total. The number of esters is 2. The molecule has 0 amide bonds. The Labute approximate surface area is 124 Å². The Morgan fingerprint density at radius 1 is 1.09 bits per heavy atom. The average Bonchev–Trinajstić information content (AvgIpc) is 2.73. The van der Waals surface area contributed by atoms with Crippen molar-refractivity contribution in [1.29, 1.82) is 0 Å². The van der Waals surface area contributed by atoms with Gasteiger partial charge in [-0.1, -0.05) is 0 Å². The molecule has 0 aliphatic carbocycles. The first-order valence-electron chi connectivity index (χ1n) is 5.75. The predicted molar refractivity (Wildman–Crippen MR) is 62.2 cm³/mol. The van der Waals surface area contributed by atoms with Crippen molar-refractivity contribution in [2.24, 2.45) is 10.2 Å². The van der Waals surface area contributed by atoms with Crippen molar-refractivity contribution in [3.8, 4) is 0 Å². The van der Waals surface area contributed by atoms with Gasteiger partial charge in [0.15, 0.2) is 17.5 Å².